The molecular formula is C18H20N2O4. The standard InChI is InChI=1S/C18H20N2O4/c1-23-16-4-2-3-15(17(16)21)18(22)19-13-5-7-14(8-6-13)20-9-11-24-12-10-20/h2-8,21H,9-12H2,1H3,(H,19,22). The normalized spacial score (nSPS) is 14.3. The summed E-state index contributed by atoms with van der Waals surface area (Å²) in [5, 5.41) is 12.8. The molecule has 2 aromatic rings. The summed E-state index contributed by atoms with van der Waals surface area (Å²) in [7, 11) is 1.45. The Morgan fingerprint density at radius 3 is 2.54 bits per heavy atom. The Morgan fingerprint density at radius 1 is 1.17 bits per heavy atom. The molecule has 0 aromatic heterocycles. The van der Waals surface area contributed by atoms with E-state index in [0.29, 0.717) is 5.69 Å². The molecule has 1 aliphatic heterocycles. The van der Waals surface area contributed by atoms with E-state index in [-0.39, 0.29) is 23.0 Å². The highest BCUT2D eigenvalue weighted by Crippen LogP contribution is 2.30. The topological polar surface area (TPSA) is 71.0 Å². The van der Waals surface area contributed by atoms with Gasteiger partial charge in [-0.15, -0.1) is 0 Å². The van der Waals surface area contributed by atoms with E-state index in [1.165, 1.54) is 7.11 Å². The maximum Gasteiger partial charge on any atom is 0.259 e. The lowest BCUT2D eigenvalue weighted by Crippen LogP contribution is -2.36. The third-order valence-electron chi connectivity index (χ3n) is 3.96. The highest BCUT2D eigenvalue weighted by molar-refractivity contribution is 6.06. The second kappa shape index (κ2) is 7.23. The van der Waals surface area contributed by atoms with Crippen LogP contribution < -0.4 is 15.0 Å². The van der Waals surface area contributed by atoms with E-state index in [4.69, 9.17) is 9.47 Å². The zero-order chi connectivity index (χ0) is 16.9. The molecule has 2 N–H and O–H groups in total. The molecular weight excluding hydrogens is 308 g/mol. The summed E-state index contributed by atoms with van der Waals surface area (Å²) in [6, 6.07) is 12.4. The zero-order valence-corrected chi connectivity index (χ0v) is 13.5. The molecule has 0 atom stereocenters. The van der Waals surface area contributed by atoms with E-state index in [1.54, 1.807) is 18.2 Å². The van der Waals surface area contributed by atoms with Crippen molar-refractivity contribution < 1.29 is 19.4 Å². The molecule has 1 amide bonds. The third-order valence-corrected chi connectivity index (χ3v) is 3.96. The van der Waals surface area contributed by atoms with Crippen LogP contribution in [-0.2, 0) is 4.74 Å². The van der Waals surface area contributed by atoms with Crippen LogP contribution in [0.4, 0.5) is 11.4 Å². The lowest BCUT2D eigenvalue weighted by molar-refractivity contribution is 0.102. The number of phenols is 1. The Bertz CT molecular complexity index is 709. The number of morpholine rings is 1. The van der Waals surface area contributed by atoms with E-state index in [9.17, 15) is 9.90 Å². The first kappa shape index (κ1) is 16.1. The second-order valence-corrected chi connectivity index (χ2v) is 5.46. The van der Waals surface area contributed by atoms with Crippen LogP contribution in [0.5, 0.6) is 11.5 Å². The molecule has 6 heteroatoms. The van der Waals surface area contributed by atoms with Gasteiger partial charge in [-0.1, -0.05) is 6.07 Å². The fraction of sp³-hybridized carbons (Fsp3) is 0.278. The van der Waals surface area contributed by atoms with Crippen molar-refractivity contribution in [3.8, 4) is 11.5 Å². The number of anilines is 2. The smallest absolute Gasteiger partial charge is 0.259 e. The molecule has 0 radical (unpaired) electrons. The van der Waals surface area contributed by atoms with Crippen molar-refractivity contribution in [1.29, 1.82) is 0 Å². The van der Waals surface area contributed by atoms with Gasteiger partial charge in [-0.05, 0) is 36.4 Å². The minimum atomic E-state index is -0.384. The fourth-order valence-electron chi connectivity index (χ4n) is 2.65. The average Bonchev–Trinajstić information content (AvgIpc) is 2.63. The number of nitrogens with zero attached hydrogens (tertiary/aromatic N) is 1. The van der Waals surface area contributed by atoms with Gasteiger partial charge in [-0.25, -0.2) is 0 Å². The maximum absolute atomic E-state index is 12.3. The molecule has 0 bridgehead atoms. The molecule has 1 heterocycles. The van der Waals surface area contributed by atoms with Crippen molar-refractivity contribution >= 4 is 17.3 Å². The highest BCUT2D eigenvalue weighted by Gasteiger charge is 2.15. The van der Waals surface area contributed by atoms with Crippen LogP contribution in [0.1, 0.15) is 10.4 Å². The van der Waals surface area contributed by atoms with Crippen molar-refractivity contribution in [3.63, 3.8) is 0 Å². The van der Waals surface area contributed by atoms with E-state index < -0.39 is 0 Å². The van der Waals surface area contributed by atoms with Crippen molar-refractivity contribution in [2.24, 2.45) is 0 Å². The molecule has 0 saturated carbocycles. The quantitative estimate of drug-likeness (QED) is 0.902. The number of hydrogen-bond donors (Lipinski definition) is 2. The number of carbonyl (C=O) groups excluding carboxylic acids is 1. The van der Waals surface area contributed by atoms with Crippen LogP contribution in [0.25, 0.3) is 0 Å². The summed E-state index contributed by atoms with van der Waals surface area (Å²) in [6.07, 6.45) is 0. The van der Waals surface area contributed by atoms with Gasteiger partial charge in [0.05, 0.1) is 25.9 Å². The van der Waals surface area contributed by atoms with Crippen LogP contribution in [0.3, 0.4) is 0 Å². The molecule has 0 aliphatic carbocycles. The predicted octanol–water partition coefficient (Wildman–Crippen LogP) is 2.49. The van der Waals surface area contributed by atoms with E-state index in [1.807, 2.05) is 24.3 Å². The van der Waals surface area contributed by atoms with Crippen LogP contribution in [0.2, 0.25) is 0 Å². The maximum atomic E-state index is 12.3. The number of ether oxygens (including phenoxy) is 2. The Labute approximate surface area is 140 Å². The molecule has 0 spiro atoms. The number of hydrogen-bond acceptors (Lipinski definition) is 5. The molecule has 126 valence electrons. The number of para-hydroxylation sites is 1. The predicted molar refractivity (Wildman–Crippen MR) is 92.1 cm³/mol. The largest absolute Gasteiger partial charge is 0.504 e. The summed E-state index contributed by atoms with van der Waals surface area (Å²) in [5.41, 5.74) is 1.94. The van der Waals surface area contributed by atoms with Gasteiger partial charge in [0, 0.05) is 24.5 Å². The summed E-state index contributed by atoms with van der Waals surface area (Å²) in [6.45, 7) is 3.19. The highest BCUT2D eigenvalue weighted by atomic mass is 16.5. The van der Waals surface area contributed by atoms with Crippen LogP contribution in [-0.4, -0.2) is 44.4 Å². The van der Waals surface area contributed by atoms with Crippen molar-refractivity contribution in [2.75, 3.05) is 43.6 Å². The van der Waals surface area contributed by atoms with E-state index in [2.05, 4.69) is 10.2 Å². The fourth-order valence-corrected chi connectivity index (χ4v) is 2.65. The van der Waals surface area contributed by atoms with Gasteiger partial charge in [0.1, 0.15) is 0 Å². The molecule has 1 aliphatic rings. The van der Waals surface area contributed by atoms with Crippen molar-refractivity contribution in [2.45, 2.75) is 0 Å². The minimum Gasteiger partial charge on any atom is -0.504 e. The van der Waals surface area contributed by atoms with Gasteiger partial charge in [0.25, 0.3) is 5.91 Å². The summed E-state index contributed by atoms with van der Waals surface area (Å²) >= 11 is 0. The number of amides is 1. The Morgan fingerprint density at radius 2 is 1.88 bits per heavy atom. The van der Waals surface area contributed by atoms with Crippen molar-refractivity contribution in [1.82, 2.24) is 0 Å². The lowest BCUT2D eigenvalue weighted by atomic mass is 10.1. The summed E-state index contributed by atoms with van der Waals surface area (Å²) < 4.78 is 10.4. The van der Waals surface area contributed by atoms with Gasteiger partial charge in [0.2, 0.25) is 0 Å². The van der Waals surface area contributed by atoms with Crippen LogP contribution in [0.15, 0.2) is 42.5 Å². The minimum absolute atomic E-state index is 0.164. The Balaban J connectivity index is 1.70. The number of benzene rings is 2. The molecule has 6 nitrogen and oxygen atoms in total. The molecule has 24 heavy (non-hydrogen) atoms. The van der Waals surface area contributed by atoms with Gasteiger partial charge in [-0.2, -0.15) is 0 Å². The van der Waals surface area contributed by atoms with E-state index in [0.717, 1.165) is 32.0 Å². The third kappa shape index (κ3) is 3.44. The Hall–Kier alpha value is -2.73. The first-order valence-electron chi connectivity index (χ1n) is 7.79. The number of nitrogens with one attached hydrogen (secondary N) is 1. The summed E-state index contributed by atoms with van der Waals surface area (Å²) in [5.74, 6) is -0.279. The van der Waals surface area contributed by atoms with Crippen LogP contribution >= 0.6 is 0 Å². The number of aromatic hydroxyl groups is 1. The lowest BCUT2D eigenvalue weighted by Gasteiger charge is -2.28. The van der Waals surface area contributed by atoms with Gasteiger partial charge < -0.3 is 24.8 Å². The first-order valence-corrected chi connectivity index (χ1v) is 7.79. The molecule has 1 fully saturated rings. The van der Waals surface area contributed by atoms with Gasteiger partial charge in [-0.3, -0.25) is 4.79 Å². The Kier molecular flexibility index (Phi) is 4.86. The first-order chi connectivity index (χ1) is 11.7. The van der Waals surface area contributed by atoms with Gasteiger partial charge >= 0.3 is 0 Å². The SMILES string of the molecule is COc1cccc(C(=O)Nc2ccc(N3CCOCC3)cc2)c1O. The average molecular weight is 328 g/mol. The number of phenolic OH excluding ortho intramolecular Hbond substituents is 1. The number of carbonyl (C=O) groups is 1. The van der Waals surface area contributed by atoms with Crippen LogP contribution in [0, 0.1) is 0 Å². The second-order valence-electron chi connectivity index (χ2n) is 5.46. The molecule has 2 aromatic carbocycles. The molecule has 1 saturated heterocycles. The van der Waals surface area contributed by atoms with Gasteiger partial charge in [0.15, 0.2) is 11.5 Å². The molecule has 0 unspecified atom stereocenters. The number of methoxy groups -OCH3 is 1. The van der Waals surface area contributed by atoms with E-state index >= 15 is 0 Å². The summed E-state index contributed by atoms with van der Waals surface area (Å²) in [4.78, 5) is 14.6. The zero-order valence-electron chi connectivity index (χ0n) is 13.5. The molecule has 3 rings (SSSR count). The van der Waals surface area contributed by atoms with Crippen molar-refractivity contribution in [3.05, 3.63) is 48.0 Å². The number of rotatable bonds is 4. The monoisotopic (exact) mass is 328 g/mol.